The summed E-state index contributed by atoms with van der Waals surface area (Å²) in [6.45, 7) is 2.36. The van der Waals surface area contributed by atoms with Gasteiger partial charge >= 0.3 is 6.03 Å². The minimum atomic E-state index is -1.42. The zero-order valence-electron chi connectivity index (χ0n) is 9.96. The summed E-state index contributed by atoms with van der Waals surface area (Å²) in [5.74, 6) is -0.747. The Morgan fingerprint density at radius 1 is 1.06 bits per heavy atom. The third-order valence-corrected chi connectivity index (χ3v) is 3.30. The van der Waals surface area contributed by atoms with Crippen molar-refractivity contribution < 1.29 is 14.4 Å². The molecule has 4 amide bonds. The van der Waals surface area contributed by atoms with Gasteiger partial charge in [0.25, 0.3) is 11.8 Å². The molecule has 8 heteroatoms. The van der Waals surface area contributed by atoms with Gasteiger partial charge in [0.15, 0.2) is 5.54 Å². The molecule has 1 aliphatic rings. The fourth-order valence-corrected chi connectivity index (χ4v) is 2.48. The molecule has 2 N–H and O–H groups in total. The van der Waals surface area contributed by atoms with Crippen LogP contribution in [0.25, 0.3) is 0 Å². The van der Waals surface area contributed by atoms with E-state index in [1.165, 1.54) is 0 Å². The molecule has 6 nitrogen and oxygen atoms in total. The van der Waals surface area contributed by atoms with Crippen molar-refractivity contribution >= 4 is 41.0 Å². The molecule has 0 spiro atoms. The molecular formula is C10H15Cl2N3O3. The fourth-order valence-electron chi connectivity index (χ4n) is 2.08. The molecule has 102 valence electrons. The van der Waals surface area contributed by atoms with Crippen molar-refractivity contribution in [1.29, 1.82) is 0 Å². The lowest BCUT2D eigenvalue weighted by Crippen LogP contribution is -2.73. The number of imide groups is 2. The number of carbonyl (C=O) groups is 3. The molecule has 0 aromatic rings. The van der Waals surface area contributed by atoms with E-state index < -0.39 is 23.4 Å². The van der Waals surface area contributed by atoms with Crippen LogP contribution >= 0.6 is 23.2 Å². The molecule has 0 radical (unpaired) electrons. The van der Waals surface area contributed by atoms with Crippen molar-refractivity contribution in [3.8, 4) is 0 Å². The SMILES string of the molecule is CCC1(N(CCCl)CCCl)C(=O)NC(=O)NC1=O. The highest BCUT2D eigenvalue weighted by atomic mass is 35.5. The highest BCUT2D eigenvalue weighted by Crippen LogP contribution is 2.23. The Hall–Kier alpha value is -0.850. The topological polar surface area (TPSA) is 78.5 Å². The molecule has 0 aromatic carbocycles. The zero-order chi connectivity index (χ0) is 13.8. The average Bonchev–Trinajstić information content (AvgIpc) is 2.29. The Morgan fingerprint density at radius 2 is 1.50 bits per heavy atom. The summed E-state index contributed by atoms with van der Waals surface area (Å²) in [5.41, 5.74) is -1.42. The monoisotopic (exact) mass is 295 g/mol. The quantitative estimate of drug-likeness (QED) is 0.545. The maximum atomic E-state index is 12.0. The van der Waals surface area contributed by atoms with Gasteiger partial charge in [0.1, 0.15) is 0 Å². The van der Waals surface area contributed by atoms with Gasteiger partial charge in [-0.05, 0) is 6.42 Å². The van der Waals surface area contributed by atoms with E-state index in [0.29, 0.717) is 13.1 Å². The first-order chi connectivity index (χ1) is 8.52. The number of nitrogens with one attached hydrogen (secondary N) is 2. The highest BCUT2D eigenvalue weighted by molar-refractivity contribution is 6.23. The van der Waals surface area contributed by atoms with E-state index in [0.717, 1.165) is 0 Å². The number of urea groups is 1. The van der Waals surface area contributed by atoms with Gasteiger partial charge in [-0.1, -0.05) is 6.92 Å². The van der Waals surface area contributed by atoms with Gasteiger partial charge < -0.3 is 0 Å². The Kier molecular flexibility index (Phi) is 5.37. The first kappa shape index (κ1) is 15.2. The molecule has 0 unspecified atom stereocenters. The van der Waals surface area contributed by atoms with Gasteiger partial charge in [-0.2, -0.15) is 0 Å². The highest BCUT2D eigenvalue weighted by Gasteiger charge is 2.52. The normalized spacial score (nSPS) is 18.8. The Bertz CT molecular complexity index is 336. The Balaban J connectivity index is 3.10. The standard InChI is InChI=1S/C10H15Cl2N3O3/c1-2-10(15(5-3-11)6-4-12)7(16)13-9(18)14-8(10)17/h2-6H2,1H3,(H2,13,14,16,17,18). The smallest absolute Gasteiger partial charge is 0.279 e. The van der Waals surface area contributed by atoms with E-state index >= 15 is 0 Å². The lowest BCUT2D eigenvalue weighted by atomic mass is 9.89. The van der Waals surface area contributed by atoms with Crippen LogP contribution in [0.5, 0.6) is 0 Å². The first-order valence-electron chi connectivity index (χ1n) is 5.56. The van der Waals surface area contributed by atoms with Gasteiger partial charge in [0.05, 0.1) is 0 Å². The number of rotatable bonds is 6. The molecule has 1 saturated heterocycles. The van der Waals surface area contributed by atoms with Crippen molar-refractivity contribution in [3.05, 3.63) is 0 Å². The molecule has 18 heavy (non-hydrogen) atoms. The summed E-state index contributed by atoms with van der Waals surface area (Å²) in [5, 5.41) is 4.22. The molecule has 1 aliphatic heterocycles. The number of halogens is 2. The summed E-state index contributed by atoms with van der Waals surface area (Å²) in [6.07, 6.45) is 0.228. The molecule has 1 fully saturated rings. The number of alkyl halides is 2. The van der Waals surface area contributed by atoms with Crippen LogP contribution in [0.3, 0.4) is 0 Å². The largest absolute Gasteiger partial charge is 0.328 e. The van der Waals surface area contributed by atoms with Crippen LogP contribution in [0, 0.1) is 0 Å². The number of hydrogen-bond acceptors (Lipinski definition) is 4. The Morgan fingerprint density at radius 3 is 1.83 bits per heavy atom. The predicted octanol–water partition coefficient (Wildman–Crippen LogP) is 0.281. The van der Waals surface area contributed by atoms with Crippen LogP contribution in [0.4, 0.5) is 4.79 Å². The van der Waals surface area contributed by atoms with Gasteiger partial charge in [-0.25, -0.2) is 4.79 Å². The second kappa shape index (κ2) is 6.36. The van der Waals surface area contributed by atoms with Crippen LogP contribution in [0.2, 0.25) is 0 Å². The number of hydrogen-bond donors (Lipinski definition) is 2. The number of nitrogens with zero attached hydrogens (tertiary/aromatic N) is 1. The first-order valence-corrected chi connectivity index (χ1v) is 6.63. The summed E-state index contributed by atoms with van der Waals surface area (Å²) in [7, 11) is 0. The van der Waals surface area contributed by atoms with E-state index in [2.05, 4.69) is 10.6 Å². The molecule has 0 aromatic heterocycles. The van der Waals surface area contributed by atoms with Gasteiger partial charge in [-0.15, -0.1) is 23.2 Å². The van der Waals surface area contributed by atoms with Crippen molar-refractivity contribution in [3.63, 3.8) is 0 Å². The maximum Gasteiger partial charge on any atom is 0.328 e. The van der Waals surface area contributed by atoms with E-state index in [-0.39, 0.29) is 18.2 Å². The molecule has 1 heterocycles. The van der Waals surface area contributed by atoms with Crippen LogP contribution in [-0.2, 0) is 9.59 Å². The van der Waals surface area contributed by atoms with Crippen LogP contribution < -0.4 is 10.6 Å². The molecule has 1 rings (SSSR count). The molecule has 0 bridgehead atoms. The van der Waals surface area contributed by atoms with Crippen molar-refractivity contribution in [2.45, 2.75) is 18.9 Å². The summed E-state index contributed by atoms with van der Waals surface area (Å²) in [4.78, 5) is 36.8. The number of carbonyl (C=O) groups excluding carboxylic acids is 3. The summed E-state index contributed by atoms with van der Waals surface area (Å²) in [6, 6.07) is -0.800. The van der Waals surface area contributed by atoms with Crippen LogP contribution in [0.15, 0.2) is 0 Å². The van der Waals surface area contributed by atoms with Gasteiger partial charge in [-0.3, -0.25) is 25.1 Å². The lowest BCUT2D eigenvalue weighted by molar-refractivity contribution is -0.147. The third kappa shape index (κ3) is 2.60. The fraction of sp³-hybridized carbons (Fsp3) is 0.700. The molecule has 0 aliphatic carbocycles. The molecule has 0 saturated carbocycles. The number of amides is 4. The van der Waals surface area contributed by atoms with Crippen molar-refractivity contribution in [1.82, 2.24) is 15.5 Å². The van der Waals surface area contributed by atoms with Crippen molar-refractivity contribution in [2.24, 2.45) is 0 Å². The van der Waals surface area contributed by atoms with E-state index in [1.807, 2.05) is 0 Å². The van der Waals surface area contributed by atoms with Gasteiger partial charge in [0.2, 0.25) is 0 Å². The minimum absolute atomic E-state index is 0.228. The maximum absolute atomic E-state index is 12.0. The zero-order valence-corrected chi connectivity index (χ0v) is 11.5. The van der Waals surface area contributed by atoms with E-state index in [4.69, 9.17) is 23.2 Å². The number of barbiturate groups is 1. The molecular weight excluding hydrogens is 281 g/mol. The van der Waals surface area contributed by atoms with Crippen LogP contribution in [0.1, 0.15) is 13.3 Å². The van der Waals surface area contributed by atoms with E-state index in [1.54, 1.807) is 11.8 Å². The summed E-state index contributed by atoms with van der Waals surface area (Å²) >= 11 is 11.4. The second-order valence-corrected chi connectivity index (χ2v) is 4.57. The minimum Gasteiger partial charge on any atom is -0.279 e. The van der Waals surface area contributed by atoms with Gasteiger partial charge in [0, 0.05) is 24.8 Å². The molecule has 0 atom stereocenters. The lowest BCUT2D eigenvalue weighted by Gasteiger charge is -2.41. The third-order valence-electron chi connectivity index (χ3n) is 2.97. The summed E-state index contributed by atoms with van der Waals surface area (Å²) < 4.78 is 0. The predicted molar refractivity (Wildman–Crippen MR) is 67.7 cm³/mol. The van der Waals surface area contributed by atoms with E-state index in [9.17, 15) is 14.4 Å². The second-order valence-electron chi connectivity index (χ2n) is 3.82. The average molecular weight is 296 g/mol. The van der Waals surface area contributed by atoms with Crippen molar-refractivity contribution in [2.75, 3.05) is 24.8 Å². The Labute approximate surface area is 115 Å². The van der Waals surface area contributed by atoms with Crippen LogP contribution in [-0.4, -0.2) is 53.1 Å².